The van der Waals surface area contributed by atoms with E-state index in [1.807, 2.05) is 42.5 Å². The fourth-order valence-electron chi connectivity index (χ4n) is 4.34. The predicted octanol–water partition coefficient (Wildman–Crippen LogP) is 5.30. The van der Waals surface area contributed by atoms with E-state index < -0.39 is 15.1 Å². The Morgan fingerprint density at radius 2 is 1.31 bits per heavy atom. The number of nitrogens with one attached hydrogen (secondary N) is 1. The van der Waals surface area contributed by atoms with Crippen LogP contribution in [0.15, 0.2) is 91.0 Å². The lowest BCUT2D eigenvalue weighted by molar-refractivity contribution is 0.0416. The second-order valence-corrected chi connectivity index (χ2v) is 12.9. The summed E-state index contributed by atoms with van der Waals surface area (Å²) in [4.78, 5) is 12.9. The minimum Gasteiger partial charge on any atom is -0.445 e. The van der Waals surface area contributed by atoms with Crippen LogP contribution in [0.5, 0.6) is 0 Å². The zero-order valence-corrected chi connectivity index (χ0v) is 22.8. The molecule has 1 N–H and O–H groups in total. The van der Waals surface area contributed by atoms with E-state index in [-0.39, 0.29) is 24.2 Å². The van der Waals surface area contributed by atoms with Gasteiger partial charge >= 0.3 is 6.09 Å². The van der Waals surface area contributed by atoms with Gasteiger partial charge in [-0.25, -0.2) is 4.79 Å². The van der Waals surface area contributed by atoms with Gasteiger partial charge in [-0.15, -0.1) is 0 Å². The van der Waals surface area contributed by atoms with E-state index in [4.69, 9.17) is 9.16 Å². The minimum absolute atomic E-state index is 0.180. The molecule has 0 saturated heterocycles. The molecular weight excluding hydrogens is 450 g/mol. The monoisotopic (exact) mass is 489 g/mol. The maximum absolute atomic E-state index is 12.9. The Balaban J connectivity index is 1.85. The van der Waals surface area contributed by atoms with E-state index in [2.05, 4.69) is 88.5 Å². The van der Waals surface area contributed by atoms with Crippen LogP contribution in [0.2, 0.25) is 0 Å². The molecule has 3 rings (SSSR count). The molecule has 5 heteroatoms. The minimum atomic E-state index is -2.01. The molecule has 0 bridgehead atoms. The van der Waals surface area contributed by atoms with Crippen LogP contribution in [-0.4, -0.2) is 27.3 Å². The molecule has 4 nitrogen and oxygen atoms in total. The molecule has 1 amide bonds. The summed E-state index contributed by atoms with van der Waals surface area (Å²) in [6.45, 7) is 11.1. The zero-order chi connectivity index (χ0) is 25.3. The van der Waals surface area contributed by atoms with Crippen LogP contribution in [0.4, 0.5) is 4.79 Å². The lowest BCUT2D eigenvalue weighted by Crippen LogP contribution is -2.57. The van der Waals surface area contributed by atoms with Crippen molar-refractivity contribution in [1.29, 1.82) is 0 Å². The maximum Gasteiger partial charge on any atom is 0.407 e. The fourth-order valence-corrected chi connectivity index (χ4v) is 7.07. The Kier molecular flexibility index (Phi) is 9.70. The van der Waals surface area contributed by atoms with Gasteiger partial charge in [0, 0.05) is 0 Å². The molecule has 0 aromatic heterocycles. The first-order chi connectivity index (χ1) is 16.7. The molecule has 0 aliphatic carbocycles. The summed E-state index contributed by atoms with van der Waals surface area (Å²) in [5.74, 6) is 0.386. The SMILES string of the molecule is CC(C)C[C@H](NC(=O)OCc1ccccc1)C(O[SiH](c1ccccc1)c1ccccc1)C(C)(C)C. The van der Waals surface area contributed by atoms with Crippen molar-refractivity contribution in [2.45, 2.75) is 59.8 Å². The second-order valence-electron chi connectivity index (χ2n) is 10.6. The standard InChI is InChI=1S/C30H39NO3Si/c1-23(2)21-27(31-29(32)33-22-24-15-9-6-10-16-24)28(30(3,4)5)34-35(25-17-11-7-12-18-25)26-19-13-8-14-20-26/h6-20,23,27-28,35H,21-22H2,1-5H3,(H,31,32)/t27-,28?/m0/s1. The molecule has 0 radical (unpaired) electrons. The van der Waals surface area contributed by atoms with Crippen molar-refractivity contribution in [2.75, 3.05) is 0 Å². The number of benzene rings is 3. The molecule has 3 aromatic carbocycles. The molecule has 1 unspecified atom stereocenters. The Labute approximate surface area is 212 Å². The van der Waals surface area contributed by atoms with Crippen molar-refractivity contribution in [3.63, 3.8) is 0 Å². The largest absolute Gasteiger partial charge is 0.445 e. The Morgan fingerprint density at radius 3 is 1.77 bits per heavy atom. The van der Waals surface area contributed by atoms with Crippen LogP contribution in [-0.2, 0) is 15.8 Å². The summed E-state index contributed by atoms with van der Waals surface area (Å²) in [6.07, 6.45) is 0.203. The Bertz CT molecular complexity index is 980. The maximum atomic E-state index is 12.9. The first-order valence-corrected chi connectivity index (χ1v) is 14.1. The molecule has 2 atom stereocenters. The van der Waals surface area contributed by atoms with Crippen LogP contribution in [0.25, 0.3) is 0 Å². The third kappa shape index (κ3) is 8.37. The molecule has 186 valence electrons. The number of hydrogen-bond acceptors (Lipinski definition) is 3. The first-order valence-electron chi connectivity index (χ1n) is 12.5. The van der Waals surface area contributed by atoms with Crippen molar-refractivity contribution in [2.24, 2.45) is 11.3 Å². The molecule has 0 aliphatic rings. The molecule has 0 aliphatic heterocycles. The molecule has 0 heterocycles. The van der Waals surface area contributed by atoms with Crippen LogP contribution in [0.1, 0.15) is 46.6 Å². The highest BCUT2D eigenvalue weighted by atomic mass is 28.3. The summed E-state index contributed by atoms with van der Waals surface area (Å²) in [5, 5.41) is 5.62. The number of carbonyl (C=O) groups excluding carboxylic acids is 1. The average Bonchev–Trinajstić information content (AvgIpc) is 2.83. The van der Waals surface area contributed by atoms with E-state index in [0.29, 0.717) is 5.92 Å². The third-order valence-corrected chi connectivity index (χ3v) is 8.49. The summed E-state index contributed by atoms with van der Waals surface area (Å²) in [6, 6.07) is 30.5. The summed E-state index contributed by atoms with van der Waals surface area (Å²) >= 11 is 0. The van der Waals surface area contributed by atoms with E-state index in [9.17, 15) is 4.79 Å². The molecule has 0 saturated carbocycles. The average molecular weight is 490 g/mol. The number of ether oxygens (including phenoxy) is 1. The van der Waals surface area contributed by atoms with Crippen molar-refractivity contribution in [1.82, 2.24) is 5.32 Å². The normalized spacial score (nSPS) is 13.5. The van der Waals surface area contributed by atoms with Crippen molar-refractivity contribution >= 4 is 25.5 Å². The lowest BCUT2D eigenvalue weighted by Gasteiger charge is -2.40. The number of carbonyl (C=O) groups is 1. The van der Waals surface area contributed by atoms with Crippen molar-refractivity contribution in [3.05, 3.63) is 96.6 Å². The van der Waals surface area contributed by atoms with Gasteiger partial charge in [0.05, 0.1) is 12.1 Å². The summed E-state index contributed by atoms with van der Waals surface area (Å²) < 4.78 is 12.7. The van der Waals surface area contributed by atoms with Gasteiger partial charge < -0.3 is 14.5 Å². The van der Waals surface area contributed by atoms with Gasteiger partial charge in [-0.2, -0.15) is 0 Å². The van der Waals surface area contributed by atoms with Gasteiger partial charge in [-0.05, 0) is 33.7 Å². The van der Waals surface area contributed by atoms with Crippen LogP contribution < -0.4 is 15.7 Å². The summed E-state index contributed by atoms with van der Waals surface area (Å²) in [7, 11) is -2.01. The van der Waals surface area contributed by atoms with E-state index in [0.717, 1.165) is 12.0 Å². The van der Waals surface area contributed by atoms with Gasteiger partial charge in [0.25, 0.3) is 0 Å². The molecule has 35 heavy (non-hydrogen) atoms. The highest BCUT2D eigenvalue weighted by Crippen LogP contribution is 2.29. The number of hydrogen-bond donors (Lipinski definition) is 1. The number of rotatable bonds is 10. The van der Waals surface area contributed by atoms with E-state index >= 15 is 0 Å². The molecule has 0 spiro atoms. The van der Waals surface area contributed by atoms with Gasteiger partial charge in [0.2, 0.25) is 9.04 Å². The van der Waals surface area contributed by atoms with Gasteiger partial charge in [-0.1, -0.05) is 126 Å². The topological polar surface area (TPSA) is 47.6 Å². The van der Waals surface area contributed by atoms with Crippen molar-refractivity contribution < 1.29 is 14.0 Å². The van der Waals surface area contributed by atoms with Crippen LogP contribution in [0.3, 0.4) is 0 Å². The molecule has 3 aromatic rings. The van der Waals surface area contributed by atoms with Crippen LogP contribution >= 0.6 is 0 Å². The highest BCUT2D eigenvalue weighted by molar-refractivity contribution is 6.80. The zero-order valence-electron chi connectivity index (χ0n) is 21.6. The van der Waals surface area contributed by atoms with E-state index in [1.54, 1.807) is 0 Å². The molecule has 0 fully saturated rings. The Hall–Kier alpha value is -2.89. The summed E-state index contributed by atoms with van der Waals surface area (Å²) in [5.41, 5.74) is 0.772. The van der Waals surface area contributed by atoms with E-state index in [1.165, 1.54) is 10.4 Å². The lowest BCUT2D eigenvalue weighted by atomic mass is 9.82. The fraction of sp³-hybridized carbons (Fsp3) is 0.367. The van der Waals surface area contributed by atoms with Gasteiger partial charge in [0.15, 0.2) is 0 Å². The van der Waals surface area contributed by atoms with Crippen molar-refractivity contribution in [3.8, 4) is 0 Å². The highest BCUT2D eigenvalue weighted by Gasteiger charge is 2.37. The predicted molar refractivity (Wildman–Crippen MR) is 147 cm³/mol. The third-order valence-electron chi connectivity index (χ3n) is 5.95. The smallest absolute Gasteiger partial charge is 0.407 e. The van der Waals surface area contributed by atoms with Gasteiger partial charge in [0.1, 0.15) is 6.61 Å². The quantitative estimate of drug-likeness (QED) is 0.393. The van der Waals surface area contributed by atoms with Crippen LogP contribution in [0, 0.1) is 11.3 Å². The van der Waals surface area contributed by atoms with Gasteiger partial charge in [-0.3, -0.25) is 0 Å². The Morgan fingerprint density at radius 1 is 0.829 bits per heavy atom. The second kappa shape index (κ2) is 12.7. The first kappa shape index (κ1) is 26.7. The number of alkyl carbamates (subject to hydrolysis) is 1. The number of amides is 1. The molecular formula is C30H39NO3Si.